The summed E-state index contributed by atoms with van der Waals surface area (Å²) in [5.74, 6) is 2.56. The first kappa shape index (κ1) is 17.3. The molecule has 0 spiro atoms. The molecule has 27 heavy (non-hydrogen) atoms. The number of hydrogen-bond donors (Lipinski definition) is 0. The van der Waals surface area contributed by atoms with Gasteiger partial charge in [0.05, 0.1) is 25.5 Å². The van der Waals surface area contributed by atoms with Crippen molar-refractivity contribution in [2.75, 3.05) is 13.7 Å². The van der Waals surface area contributed by atoms with Crippen molar-refractivity contribution in [3.8, 4) is 22.9 Å². The summed E-state index contributed by atoms with van der Waals surface area (Å²) in [6, 6.07) is 6.01. The van der Waals surface area contributed by atoms with Crippen molar-refractivity contribution in [3.05, 3.63) is 53.9 Å². The molecule has 7 nitrogen and oxygen atoms in total. The van der Waals surface area contributed by atoms with E-state index in [1.54, 1.807) is 25.6 Å². The van der Waals surface area contributed by atoms with Crippen molar-refractivity contribution in [1.29, 1.82) is 0 Å². The van der Waals surface area contributed by atoms with Gasteiger partial charge >= 0.3 is 0 Å². The minimum atomic E-state index is 0.437. The summed E-state index contributed by atoms with van der Waals surface area (Å²) in [5, 5.41) is 7.87. The summed E-state index contributed by atoms with van der Waals surface area (Å²) in [5.41, 5.74) is 3.90. The molecule has 138 valence electrons. The summed E-state index contributed by atoms with van der Waals surface area (Å²) in [6.07, 6.45) is 6.40. The molecule has 3 aromatic rings. The van der Waals surface area contributed by atoms with Crippen molar-refractivity contribution >= 4 is 0 Å². The van der Waals surface area contributed by atoms with Crippen molar-refractivity contribution in [3.63, 3.8) is 0 Å². The Hall–Kier alpha value is -3.09. The monoisotopic (exact) mass is 363 g/mol. The molecule has 1 fully saturated rings. The van der Waals surface area contributed by atoms with E-state index in [2.05, 4.69) is 37.3 Å². The number of nitrogens with zero attached hydrogens (tertiary/aromatic N) is 5. The molecular weight excluding hydrogens is 342 g/mol. The average molecular weight is 363 g/mol. The SMILES string of the molecule is COc1cc(-c2cnc(C)nc2OCC2CC2c2ccc(C)cn2)cnn1. The Morgan fingerprint density at radius 3 is 2.78 bits per heavy atom. The van der Waals surface area contributed by atoms with E-state index in [9.17, 15) is 0 Å². The van der Waals surface area contributed by atoms with E-state index < -0.39 is 0 Å². The standard InChI is InChI=1S/C20H21N5O2/c1-12-4-5-18(22-8-12)16-6-15(16)11-27-20-17(10-21-13(2)24-20)14-7-19(26-3)25-23-9-14/h4-5,7-10,15-16H,6,11H2,1-3H3. The van der Waals surface area contributed by atoms with Crippen molar-refractivity contribution < 1.29 is 9.47 Å². The summed E-state index contributed by atoms with van der Waals surface area (Å²) in [7, 11) is 1.56. The number of aromatic nitrogens is 5. The molecule has 3 heterocycles. The molecule has 1 aliphatic rings. The van der Waals surface area contributed by atoms with Crippen molar-refractivity contribution in [1.82, 2.24) is 25.1 Å². The molecule has 0 aliphatic heterocycles. The van der Waals surface area contributed by atoms with Crippen LogP contribution in [0.15, 0.2) is 36.8 Å². The van der Waals surface area contributed by atoms with Gasteiger partial charge in [-0.3, -0.25) is 4.98 Å². The van der Waals surface area contributed by atoms with Crippen LogP contribution in [0.4, 0.5) is 0 Å². The minimum absolute atomic E-state index is 0.437. The normalized spacial score (nSPS) is 18.2. The van der Waals surface area contributed by atoms with Crippen LogP contribution in [0, 0.1) is 19.8 Å². The molecule has 4 rings (SSSR count). The van der Waals surface area contributed by atoms with E-state index in [0.29, 0.717) is 36.0 Å². The third-order valence-electron chi connectivity index (χ3n) is 4.70. The lowest BCUT2D eigenvalue weighted by Crippen LogP contribution is -2.06. The van der Waals surface area contributed by atoms with Gasteiger partial charge in [-0.1, -0.05) is 6.07 Å². The molecule has 0 aromatic carbocycles. The number of methoxy groups -OCH3 is 1. The highest BCUT2D eigenvalue weighted by molar-refractivity contribution is 5.67. The lowest BCUT2D eigenvalue weighted by molar-refractivity contribution is 0.285. The zero-order valence-electron chi connectivity index (χ0n) is 15.6. The van der Waals surface area contributed by atoms with Crippen molar-refractivity contribution in [2.24, 2.45) is 5.92 Å². The van der Waals surface area contributed by atoms with Gasteiger partial charge in [-0.25, -0.2) is 4.98 Å². The van der Waals surface area contributed by atoms with Crippen LogP contribution in [0.1, 0.15) is 29.4 Å². The molecule has 0 N–H and O–H groups in total. The van der Waals surface area contributed by atoms with Gasteiger partial charge in [0.1, 0.15) is 5.82 Å². The number of pyridine rings is 1. The number of ether oxygens (including phenoxy) is 2. The summed E-state index contributed by atoms with van der Waals surface area (Å²) in [4.78, 5) is 13.3. The maximum absolute atomic E-state index is 6.08. The van der Waals surface area contributed by atoms with Crippen LogP contribution in [0.5, 0.6) is 11.8 Å². The van der Waals surface area contributed by atoms with Gasteiger partial charge in [0.15, 0.2) is 0 Å². The topological polar surface area (TPSA) is 82.9 Å². The average Bonchev–Trinajstić information content (AvgIpc) is 3.47. The molecule has 1 aliphatic carbocycles. The van der Waals surface area contributed by atoms with Crippen LogP contribution in [0.3, 0.4) is 0 Å². The maximum Gasteiger partial charge on any atom is 0.233 e. The number of aryl methyl sites for hydroxylation is 2. The maximum atomic E-state index is 6.08. The smallest absolute Gasteiger partial charge is 0.233 e. The van der Waals surface area contributed by atoms with E-state index in [1.165, 1.54) is 5.56 Å². The molecule has 7 heteroatoms. The first-order valence-corrected chi connectivity index (χ1v) is 8.90. The van der Waals surface area contributed by atoms with Crippen LogP contribution < -0.4 is 9.47 Å². The molecule has 1 saturated carbocycles. The van der Waals surface area contributed by atoms with Crippen LogP contribution in [0.25, 0.3) is 11.1 Å². The summed E-state index contributed by atoms with van der Waals surface area (Å²) >= 11 is 0. The molecule has 0 bridgehead atoms. The minimum Gasteiger partial charge on any atom is -0.480 e. The Morgan fingerprint density at radius 1 is 1.11 bits per heavy atom. The van der Waals surface area contributed by atoms with Crippen LogP contribution in [-0.4, -0.2) is 38.9 Å². The first-order valence-electron chi connectivity index (χ1n) is 8.90. The van der Waals surface area contributed by atoms with E-state index >= 15 is 0 Å². The molecule has 0 radical (unpaired) electrons. The van der Waals surface area contributed by atoms with E-state index in [4.69, 9.17) is 9.47 Å². The number of hydrogen-bond acceptors (Lipinski definition) is 7. The lowest BCUT2D eigenvalue weighted by Gasteiger charge is -2.11. The second kappa shape index (κ2) is 7.26. The fourth-order valence-corrected chi connectivity index (χ4v) is 3.03. The Labute approximate surface area is 157 Å². The molecular formula is C20H21N5O2. The highest BCUT2D eigenvalue weighted by atomic mass is 16.5. The third kappa shape index (κ3) is 3.86. The zero-order chi connectivity index (χ0) is 18.8. The quantitative estimate of drug-likeness (QED) is 0.665. The van der Waals surface area contributed by atoms with Gasteiger partial charge in [0.25, 0.3) is 0 Å². The Morgan fingerprint density at radius 2 is 2.00 bits per heavy atom. The van der Waals surface area contributed by atoms with Crippen LogP contribution in [0.2, 0.25) is 0 Å². The summed E-state index contributed by atoms with van der Waals surface area (Å²) in [6.45, 7) is 4.49. The van der Waals surface area contributed by atoms with E-state index in [-0.39, 0.29) is 0 Å². The zero-order valence-corrected chi connectivity index (χ0v) is 15.6. The van der Waals surface area contributed by atoms with Gasteiger partial charge < -0.3 is 9.47 Å². The largest absolute Gasteiger partial charge is 0.480 e. The summed E-state index contributed by atoms with van der Waals surface area (Å²) < 4.78 is 11.2. The highest BCUT2D eigenvalue weighted by Gasteiger charge is 2.40. The van der Waals surface area contributed by atoms with E-state index in [1.807, 2.05) is 20.0 Å². The van der Waals surface area contributed by atoms with Gasteiger partial charge in [-0.2, -0.15) is 10.1 Å². The van der Waals surface area contributed by atoms with Crippen LogP contribution in [-0.2, 0) is 0 Å². The molecule has 2 unspecified atom stereocenters. The van der Waals surface area contributed by atoms with Crippen molar-refractivity contribution in [2.45, 2.75) is 26.2 Å². The Kier molecular flexibility index (Phi) is 4.66. The molecule has 0 saturated heterocycles. The van der Waals surface area contributed by atoms with Gasteiger partial charge in [-0.05, 0) is 31.9 Å². The van der Waals surface area contributed by atoms with Gasteiger partial charge in [0.2, 0.25) is 11.8 Å². The van der Waals surface area contributed by atoms with Gasteiger partial charge in [-0.15, -0.1) is 5.10 Å². The Balaban J connectivity index is 1.49. The number of rotatable bonds is 6. The fourth-order valence-electron chi connectivity index (χ4n) is 3.03. The molecule has 3 aromatic heterocycles. The van der Waals surface area contributed by atoms with Gasteiger partial charge in [0, 0.05) is 41.6 Å². The van der Waals surface area contributed by atoms with E-state index in [0.717, 1.165) is 23.2 Å². The predicted octanol–water partition coefficient (Wildman–Crippen LogP) is 3.14. The second-order valence-electron chi connectivity index (χ2n) is 6.80. The molecule has 2 atom stereocenters. The third-order valence-corrected chi connectivity index (χ3v) is 4.70. The second-order valence-corrected chi connectivity index (χ2v) is 6.80. The molecule has 0 amide bonds. The lowest BCUT2D eigenvalue weighted by atomic mass is 10.1. The fraction of sp³-hybridized carbons (Fsp3) is 0.350. The van der Waals surface area contributed by atoms with Crippen LogP contribution >= 0.6 is 0 Å². The predicted molar refractivity (Wildman–Crippen MR) is 99.7 cm³/mol. The highest BCUT2D eigenvalue weighted by Crippen LogP contribution is 2.47. The first-order chi connectivity index (χ1) is 13.1. The Bertz CT molecular complexity index is 945.